The summed E-state index contributed by atoms with van der Waals surface area (Å²) >= 11 is 0. The van der Waals surface area contributed by atoms with Gasteiger partial charge in [-0.25, -0.2) is 4.98 Å². The van der Waals surface area contributed by atoms with Gasteiger partial charge >= 0.3 is 0 Å². The predicted octanol–water partition coefficient (Wildman–Crippen LogP) is 2.38. The summed E-state index contributed by atoms with van der Waals surface area (Å²) in [5.74, 6) is 0. The molecule has 0 N–H and O–H groups in total. The van der Waals surface area contributed by atoms with Crippen molar-refractivity contribution in [1.82, 2.24) is 24.2 Å². The van der Waals surface area contributed by atoms with Gasteiger partial charge in [-0.2, -0.15) is 5.10 Å². The van der Waals surface area contributed by atoms with Crippen LogP contribution in [-0.4, -0.2) is 43.9 Å². The third-order valence-corrected chi connectivity index (χ3v) is 5.40. The molecule has 5 nitrogen and oxygen atoms in total. The van der Waals surface area contributed by atoms with Crippen molar-refractivity contribution in [3.8, 4) is 0 Å². The van der Waals surface area contributed by atoms with Crippen LogP contribution < -0.4 is 0 Å². The maximum atomic E-state index is 4.67. The highest BCUT2D eigenvalue weighted by Gasteiger charge is 2.26. The second kappa shape index (κ2) is 6.48. The average Bonchev–Trinajstić information content (AvgIpc) is 3.27. The third-order valence-electron chi connectivity index (χ3n) is 5.40. The summed E-state index contributed by atoms with van der Waals surface area (Å²) in [4.78, 5) is 7.29. The number of aromatic nitrogens is 4. The highest BCUT2D eigenvalue weighted by Crippen LogP contribution is 2.28. The largest absolute Gasteiger partial charge is 0.330 e. The van der Waals surface area contributed by atoms with Crippen molar-refractivity contribution in [2.45, 2.75) is 51.0 Å². The van der Waals surface area contributed by atoms with Crippen LogP contribution in [0.5, 0.6) is 0 Å². The summed E-state index contributed by atoms with van der Waals surface area (Å²) in [6.07, 6.45) is 14.9. The fraction of sp³-hybridized carbons (Fsp3) is 0.667. The Morgan fingerprint density at radius 3 is 3.04 bits per heavy atom. The van der Waals surface area contributed by atoms with Crippen molar-refractivity contribution in [3.63, 3.8) is 0 Å². The van der Waals surface area contributed by atoms with Crippen LogP contribution in [0.3, 0.4) is 0 Å². The van der Waals surface area contributed by atoms with Crippen molar-refractivity contribution < 1.29 is 0 Å². The Hall–Kier alpha value is -1.62. The maximum Gasteiger partial charge on any atom is 0.0954 e. The van der Waals surface area contributed by atoms with Crippen LogP contribution in [0, 0.1) is 0 Å². The molecule has 2 aromatic rings. The van der Waals surface area contributed by atoms with Crippen molar-refractivity contribution in [3.05, 3.63) is 35.7 Å². The Morgan fingerprint density at radius 1 is 1.26 bits per heavy atom. The first kappa shape index (κ1) is 14.9. The zero-order valence-electron chi connectivity index (χ0n) is 14.1. The van der Waals surface area contributed by atoms with Crippen LogP contribution in [0.2, 0.25) is 0 Å². The zero-order valence-corrected chi connectivity index (χ0v) is 14.1. The lowest BCUT2D eigenvalue weighted by Gasteiger charge is -2.20. The van der Waals surface area contributed by atoms with Crippen LogP contribution >= 0.6 is 0 Å². The minimum atomic E-state index is 0.641. The van der Waals surface area contributed by atoms with E-state index in [1.54, 1.807) is 0 Å². The fourth-order valence-electron chi connectivity index (χ4n) is 4.16. The van der Waals surface area contributed by atoms with Gasteiger partial charge in [-0.15, -0.1) is 0 Å². The SMILES string of the molecule is Cn1cc(CCCN2CCC(n3cnc4c3CCCC4)C2)cn1. The number of likely N-dealkylation sites (tertiary alicyclic amines) is 1. The summed E-state index contributed by atoms with van der Waals surface area (Å²) in [6.45, 7) is 3.61. The Balaban J connectivity index is 1.30. The van der Waals surface area contributed by atoms with Gasteiger partial charge in [0.2, 0.25) is 0 Å². The van der Waals surface area contributed by atoms with Gasteiger partial charge in [0.25, 0.3) is 0 Å². The van der Waals surface area contributed by atoms with E-state index in [-0.39, 0.29) is 0 Å². The molecule has 0 radical (unpaired) electrons. The molecule has 2 aliphatic rings. The molecule has 5 heteroatoms. The van der Waals surface area contributed by atoms with Gasteiger partial charge in [0, 0.05) is 38.1 Å². The minimum Gasteiger partial charge on any atom is -0.330 e. The van der Waals surface area contributed by atoms with E-state index in [4.69, 9.17) is 0 Å². The van der Waals surface area contributed by atoms with E-state index in [0.29, 0.717) is 6.04 Å². The Morgan fingerprint density at radius 2 is 2.17 bits per heavy atom. The van der Waals surface area contributed by atoms with Gasteiger partial charge in [0.1, 0.15) is 0 Å². The van der Waals surface area contributed by atoms with Crippen molar-refractivity contribution in [1.29, 1.82) is 0 Å². The first-order valence-electron chi connectivity index (χ1n) is 9.04. The van der Waals surface area contributed by atoms with E-state index >= 15 is 0 Å². The number of imidazole rings is 1. The van der Waals surface area contributed by atoms with Crippen molar-refractivity contribution >= 4 is 0 Å². The molecule has 1 saturated heterocycles. The number of nitrogens with zero attached hydrogens (tertiary/aromatic N) is 5. The summed E-state index contributed by atoms with van der Waals surface area (Å²) in [7, 11) is 1.99. The quantitative estimate of drug-likeness (QED) is 0.851. The third kappa shape index (κ3) is 3.20. The van der Waals surface area contributed by atoms with Crippen LogP contribution in [0.25, 0.3) is 0 Å². The molecule has 124 valence electrons. The van der Waals surface area contributed by atoms with Crippen LogP contribution in [0.15, 0.2) is 18.7 Å². The second-order valence-electron chi connectivity index (χ2n) is 7.12. The monoisotopic (exact) mass is 313 g/mol. The van der Waals surface area contributed by atoms with Gasteiger partial charge in [0.15, 0.2) is 0 Å². The van der Waals surface area contributed by atoms with Crippen molar-refractivity contribution in [2.75, 3.05) is 19.6 Å². The lowest BCUT2D eigenvalue weighted by molar-refractivity contribution is 0.318. The predicted molar refractivity (Wildman–Crippen MR) is 90.5 cm³/mol. The second-order valence-corrected chi connectivity index (χ2v) is 7.12. The molecule has 2 aromatic heterocycles. The number of aryl methyl sites for hydroxylation is 3. The average molecular weight is 313 g/mol. The maximum absolute atomic E-state index is 4.67. The van der Waals surface area contributed by atoms with E-state index in [9.17, 15) is 0 Å². The molecule has 0 bridgehead atoms. The van der Waals surface area contributed by atoms with Gasteiger partial charge in [-0.05, 0) is 57.1 Å². The van der Waals surface area contributed by atoms with Gasteiger partial charge in [-0.1, -0.05) is 0 Å². The molecule has 0 amide bonds. The standard InChI is InChI=1S/C18H27N5/c1-21-12-15(11-20-21)5-4-9-22-10-8-16(13-22)23-14-19-17-6-2-3-7-18(17)23/h11-12,14,16H,2-10,13H2,1H3. The van der Waals surface area contributed by atoms with Gasteiger partial charge < -0.3 is 9.47 Å². The topological polar surface area (TPSA) is 38.9 Å². The molecule has 0 aromatic carbocycles. The van der Waals surface area contributed by atoms with Crippen LogP contribution in [0.1, 0.15) is 48.7 Å². The van der Waals surface area contributed by atoms with Gasteiger partial charge in [0.05, 0.1) is 18.2 Å². The highest BCUT2D eigenvalue weighted by molar-refractivity contribution is 5.17. The molecule has 0 spiro atoms. The van der Waals surface area contributed by atoms with Gasteiger partial charge in [-0.3, -0.25) is 4.68 Å². The molecule has 1 aliphatic heterocycles. The Kier molecular flexibility index (Phi) is 4.21. The Bertz CT molecular complexity index is 656. The number of hydrogen-bond donors (Lipinski definition) is 0. The summed E-state index contributed by atoms with van der Waals surface area (Å²) < 4.78 is 4.39. The molecular weight excluding hydrogens is 286 g/mol. The van der Waals surface area contributed by atoms with E-state index < -0.39 is 0 Å². The highest BCUT2D eigenvalue weighted by atomic mass is 15.2. The number of hydrogen-bond acceptors (Lipinski definition) is 3. The van der Waals surface area contributed by atoms with E-state index in [0.717, 1.165) is 6.42 Å². The molecule has 1 unspecified atom stereocenters. The van der Waals surface area contributed by atoms with E-state index in [1.165, 1.54) is 75.1 Å². The molecular formula is C18H27N5. The van der Waals surface area contributed by atoms with E-state index in [1.807, 2.05) is 17.9 Å². The normalized spacial score (nSPS) is 21.7. The molecule has 3 heterocycles. The first-order chi connectivity index (χ1) is 11.3. The molecule has 0 saturated carbocycles. The molecule has 4 rings (SSSR count). The zero-order chi connectivity index (χ0) is 15.6. The van der Waals surface area contributed by atoms with Crippen LogP contribution in [-0.2, 0) is 26.3 Å². The molecule has 1 fully saturated rings. The van der Waals surface area contributed by atoms with Crippen LogP contribution in [0.4, 0.5) is 0 Å². The lowest BCUT2D eigenvalue weighted by Crippen LogP contribution is -2.23. The first-order valence-corrected chi connectivity index (χ1v) is 9.04. The smallest absolute Gasteiger partial charge is 0.0954 e. The lowest BCUT2D eigenvalue weighted by atomic mass is 10.0. The summed E-state index contributed by atoms with van der Waals surface area (Å²) in [6, 6.07) is 0.641. The summed E-state index contributed by atoms with van der Waals surface area (Å²) in [5, 5.41) is 4.25. The Labute approximate surface area is 138 Å². The van der Waals surface area contributed by atoms with E-state index in [2.05, 4.69) is 32.1 Å². The summed E-state index contributed by atoms with van der Waals surface area (Å²) in [5.41, 5.74) is 4.25. The number of fused-ring (bicyclic) bond motifs is 1. The van der Waals surface area contributed by atoms with Crippen molar-refractivity contribution in [2.24, 2.45) is 7.05 Å². The fourth-order valence-corrected chi connectivity index (χ4v) is 4.16. The minimum absolute atomic E-state index is 0.641. The molecule has 23 heavy (non-hydrogen) atoms. The molecule has 1 atom stereocenters. The molecule has 1 aliphatic carbocycles. The number of rotatable bonds is 5.